The fourth-order valence-electron chi connectivity index (χ4n) is 2.82. The first-order valence-corrected chi connectivity index (χ1v) is 8.67. The second kappa shape index (κ2) is 8.73. The molecule has 3 aromatic carbocycles. The van der Waals surface area contributed by atoms with E-state index in [9.17, 15) is 0 Å². The van der Waals surface area contributed by atoms with Crippen LogP contribution < -0.4 is 11.5 Å². The van der Waals surface area contributed by atoms with E-state index in [0.29, 0.717) is 11.7 Å². The number of oxime groups is 2. The van der Waals surface area contributed by atoms with Crippen molar-refractivity contribution in [1.82, 2.24) is 0 Å². The van der Waals surface area contributed by atoms with Gasteiger partial charge in [0.25, 0.3) is 0 Å². The molecule has 0 aliphatic carbocycles. The van der Waals surface area contributed by atoms with Gasteiger partial charge in [0.05, 0.1) is 0 Å². The van der Waals surface area contributed by atoms with E-state index in [2.05, 4.69) is 34.6 Å². The minimum atomic E-state index is 0.351. The molecule has 0 aliphatic rings. The lowest BCUT2D eigenvalue weighted by molar-refractivity contribution is 0.213. The first-order valence-electron chi connectivity index (χ1n) is 8.67. The number of hydrogen-bond donors (Lipinski definition) is 2. The zero-order valence-corrected chi connectivity index (χ0v) is 15.8. The number of nitrogens with zero attached hydrogens (tertiary/aromatic N) is 2. The summed E-state index contributed by atoms with van der Waals surface area (Å²) in [5, 5.41) is 7.48. The van der Waals surface area contributed by atoms with Gasteiger partial charge in [-0.25, -0.2) is 0 Å². The predicted molar refractivity (Wildman–Crippen MR) is 113 cm³/mol. The molecule has 0 atom stereocenters. The molecule has 0 heterocycles. The number of amidine groups is 2. The largest absolute Gasteiger partial charge is 0.397 e. The molecule has 0 bridgehead atoms. The molecule has 0 saturated heterocycles. The molecule has 6 nitrogen and oxygen atoms in total. The average Bonchev–Trinajstić information content (AvgIpc) is 2.74. The van der Waals surface area contributed by atoms with Gasteiger partial charge in [0.2, 0.25) is 0 Å². The molecule has 4 N–H and O–H groups in total. The monoisotopic (exact) mass is 374 g/mol. The van der Waals surface area contributed by atoms with Crippen LogP contribution in [0.1, 0.15) is 11.1 Å². The van der Waals surface area contributed by atoms with E-state index < -0.39 is 0 Å². The molecule has 0 fully saturated rings. The van der Waals surface area contributed by atoms with Crippen LogP contribution in [-0.2, 0) is 9.68 Å². The van der Waals surface area contributed by atoms with Gasteiger partial charge in [0, 0.05) is 11.1 Å². The molecule has 0 radical (unpaired) electrons. The Morgan fingerprint density at radius 2 is 0.786 bits per heavy atom. The van der Waals surface area contributed by atoms with Crippen molar-refractivity contribution in [2.24, 2.45) is 21.8 Å². The Hall–Kier alpha value is -3.80. The number of nitrogens with two attached hydrogens (primary N) is 2. The van der Waals surface area contributed by atoms with Gasteiger partial charge in [0.15, 0.2) is 11.7 Å². The highest BCUT2D eigenvalue weighted by molar-refractivity contribution is 5.98. The van der Waals surface area contributed by atoms with E-state index in [1.807, 2.05) is 48.5 Å². The molecular weight excluding hydrogens is 352 g/mol. The molecule has 3 aromatic rings. The van der Waals surface area contributed by atoms with Crippen LogP contribution in [0.4, 0.5) is 0 Å². The molecule has 0 aliphatic heterocycles. The summed E-state index contributed by atoms with van der Waals surface area (Å²) >= 11 is 0. The lowest BCUT2D eigenvalue weighted by Crippen LogP contribution is -2.13. The Labute approximate surface area is 164 Å². The van der Waals surface area contributed by atoms with Crippen LogP contribution in [0, 0.1) is 0 Å². The van der Waals surface area contributed by atoms with Crippen molar-refractivity contribution in [1.29, 1.82) is 0 Å². The Balaban J connectivity index is 1.78. The van der Waals surface area contributed by atoms with E-state index in [0.717, 1.165) is 33.4 Å². The Kier molecular flexibility index (Phi) is 5.91. The normalized spacial score (nSPS) is 11.9. The van der Waals surface area contributed by atoms with Crippen molar-refractivity contribution >= 4 is 11.7 Å². The van der Waals surface area contributed by atoms with Crippen LogP contribution in [-0.4, -0.2) is 25.9 Å². The Morgan fingerprint density at radius 1 is 0.536 bits per heavy atom. The van der Waals surface area contributed by atoms with Crippen molar-refractivity contribution in [3.63, 3.8) is 0 Å². The molecule has 28 heavy (non-hydrogen) atoms. The molecule has 0 spiro atoms. The highest BCUT2D eigenvalue weighted by Crippen LogP contribution is 2.25. The van der Waals surface area contributed by atoms with Gasteiger partial charge in [0.1, 0.15) is 14.2 Å². The first kappa shape index (κ1) is 19.0. The third kappa shape index (κ3) is 4.29. The SMILES string of the molecule is CON=C(N)c1ccc(-c2ccc(-c3ccc(C(N)=NOC)cc3)cc2)cc1. The second-order valence-corrected chi connectivity index (χ2v) is 6.05. The molecular formula is C22H22N4O2. The van der Waals surface area contributed by atoms with Crippen LogP contribution >= 0.6 is 0 Å². The lowest BCUT2D eigenvalue weighted by atomic mass is 9.99. The van der Waals surface area contributed by atoms with Crippen molar-refractivity contribution < 1.29 is 9.68 Å². The maximum absolute atomic E-state index is 5.83. The van der Waals surface area contributed by atoms with Gasteiger partial charge in [-0.15, -0.1) is 0 Å². The molecule has 0 aromatic heterocycles. The highest BCUT2D eigenvalue weighted by Gasteiger charge is 2.04. The van der Waals surface area contributed by atoms with Gasteiger partial charge in [-0.05, 0) is 22.3 Å². The Bertz CT molecular complexity index is 894. The molecule has 3 rings (SSSR count). The second-order valence-electron chi connectivity index (χ2n) is 6.05. The fraction of sp³-hybridized carbons (Fsp3) is 0.0909. The third-order valence-corrected chi connectivity index (χ3v) is 4.29. The van der Waals surface area contributed by atoms with Crippen LogP contribution in [0.2, 0.25) is 0 Å². The zero-order valence-electron chi connectivity index (χ0n) is 15.8. The maximum atomic E-state index is 5.83. The van der Waals surface area contributed by atoms with Gasteiger partial charge in [-0.1, -0.05) is 83.1 Å². The van der Waals surface area contributed by atoms with Crippen LogP contribution in [0.5, 0.6) is 0 Å². The fourth-order valence-corrected chi connectivity index (χ4v) is 2.82. The quantitative estimate of drug-likeness (QED) is 0.392. The smallest absolute Gasteiger partial charge is 0.170 e. The minimum absolute atomic E-state index is 0.351. The topological polar surface area (TPSA) is 95.2 Å². The standard InChI is InChI=1S/C22H22N4O2/c1-27-25-21(23)19-11-7-17(8-12-19)15-3-5-16(6-4-15)18-9-13-20(14-10-18)22(24)26-28-2/h3-14H,1-2H3,(H2,23,25)(H2,24,26). The number of hydrogen-bond acceptors (Lipinski definition) is 4. The van der Waals surface area contributed by atoms with Gasteiger partial charge in [-0.2, -0.15) is 0 Å². The number of benzene rings is 3. The summed E-state index contributed by atoms with van der Waals surface area (Å²) in [7, 11) is 2.94. The van der Waals surface area contributed by atoms with E-state index in [4.69, 9.17) is 21.1 Å². The van der Waals surface area contributed by atoms with Crippen molar-refractivity contribution in [2.45, 2.75) is 0 Å². The molecule has 142 valence electrons. The third-order valence-electron chi connectivity index (χ3n) is 4.29. The van der Waals surface area contributed by atoms with Crippen molar-refractivity contribution in [2.75, 3.05) is 14.2 Å². The summed E-state index contributed by atoms with van der Waals surface area (Å²) in [5.74, 6) is 0.702. The van der Waals surface area contributed by atoms with Crippen LogP contribution in [0.3, 0.4) is 0 Å². The number of rotatable bonds is 6. The summed E-state index contributed by atoms with van der Waals surface area (Å²) < 4.78 is 0. The van der Waals surface area contributed by atoms with E-state index >= 15 is 0 Å². The maximum Gasteiger partial charge on any atom is 0.170 e. The molecule has 0 amide bonds. The summed E-state index contributed by atoms with van der Waals surface area (Å²) in [6.45, 7) is 0. The highest BCUT2D eigenvalue weighted by atomic mass is 16.6. The van der Waals surface area contributed by atoms with Gasteiger partial charge < -0.3 is 21.1 Å². The molecule has 6 heteroatoms. The zero-order chi connectivity index (χ0) is 19.9. The summed E-state index contributed by atoms with van der Waals surface area (Å²) in [6, 6.07) is 24.1. The molecule has 0 saturated carbocycles. The Morgan fingerprint density at radius 3 is 1.04 bits per heavy atom. The van der Waals surface area contributed by atoms with Crippen LogP contribution in [0.15, 0.2) is 83.1 Å². The van der Waals surface area contributed by atoms with Crippen molar-refractivity contribution in [3.05, 3.63) is 83.9 Å². The average molecular weight is 374 g/mol. The molecule has 0 unspecified atom stereocenters. The minimum Gasteiger partial charge on any atom is -0.397 e. The summed E-state index contributed by atoms with van der Waals surface area (Å²) in [5.41, 5.74) is 17.7. The summed E-state index contributed by atoms with van der Waals surface area (Å²) in [6.07, 6.45) is 0. The van der Waals surface area contributed by atoms with Crippen molar-refractivity contribution in [3.8, 4) is 22.3 Å². The predicted octanol–water partition coefficient (Wildman–Crippen LogP) is 3.55. The van der Waals surface area contributed by atoms with Gasteiger partial charge >= 0.3 is 0 Å². The van der Waals surface area contributed by atoms with E-state index in [1.165, 1.54) is 14.2 Å². The lowest BCUT2D eigenvalue weighted by Gasteiger charge is -2.07. The first-order chi connectivity index (χ1) is 13.6. The van der Waals surface area contributed by atoms with E-state index in [1.54, 1.807) is 0 Å². The van der Waals surface area contributed by atoms with E-state index in [-0.39, 0.29) is 0 Å². The van der Waals surface area contributed by atoms with Crippen LogP contribution in [0.25, 0.3) is 22.3 Å². The summed E-state index contributed by atoms with van der Waals surface area (Å²) in [4.78, 5) is 9.41. The van der Waals surface area contributed by atoms with Gasteiger partial charge in [-0.3, -0.25) is 0 Å².